The van der Waals surface area contributed by atoms with Crippen molar-refractivity contribution < 1.29 is 47.6 Å². The maximum Gasteiger partial charge on any atom is 0.158 e. The average molecular weight is 192 g/mol. The van der Waals surface area contributed by atoms with Crippen molar-refractivity contribution in [2.75, 3.05) is 0 Å². The first kappa shape index (κ1) is 15.8. The summed E-state index contributed by atoms with van der Waals surface area (Å²) in [5.74, 6) is 0. The minimum Gasteiger partial charge on any atom is -0.676 e. The molecule has 8 heavy (non-hydrogen) atoms. The third-order valence-electron chi connectivity index (χ3n) is 0. The quantitative estimate of drug-likeness (QED) is 0.410. The smallest absolute Gasteiger partial charge is 0.158 e. The second-order valence-corrected chi connectivity index (χ2v) is 0.767. The molecule has 0 rings (SSSR count). The molecular weight excluding hydrogens is 186 g/mol. The van der Waals surface area contributed by atoms with Crippen LogP contribution in [-0.2, 0) is 37.5 Å². The van der Waals surface area contributed by atoms with Crippen LogP contribution in [0.3, 0.4) is 0 Å². The van der Waals surface area contributed by atoms with Crippen LogP contribution >= 0.6 is 0 Å². The van der Waals surface area contributed by atoms with Gasteiger partial charge in [-0.3, -0.25) is 0 Å². The molecular formula is C2H6BNO3Y-2. The first-order valence-electron chi connectivity index (χ1n) is 1.55. The van der Waals surface area contributed by atoms with Gasteiger partial charge in [-0.15, -0.1) is 0 Å². The van der Waals surface area contributed by atoms with E-state index >= 15 is 0 Å². The summed E-state index contributed by atoms with van der Waals surface area (Å²) in [5, 5.41) is 14.5. The predicted octanol–water partition coefficient (Wildman–Crippen LogP) is -0.242. The monoisotopic (exact) mass is 192 g/mol. The molecule has 0 aliphatic rings. The number of hydrogen-bond donors (Lipinski definition) is 2. The van der Waals surface area contributed by atoms with Crippen molar-refractivity contribution in [3.63, 3.8) is 0 Å². The van der Waals surface area contributed by atoms with Gasteiger partial charge in [0.25, 0.3) is 0 Å². The SMILES string of the molecule is CB([NH-])O.O=[C-]O.[Y]. The topological polar surface area (TPSA) is 81.3 Å². The molecule has 4 nitrogen and oxygen atoms in total. The van der Waals surface area contributed by atoms with E-state index in [1.54, 1.807) is 0 Å². The largest absolute Gasteiger partial charge is 0.676 e. The Hall–Kier alpha value is 0.559. The molecule has 0 aliphatic carbocycles. The van der Waals surface area contributed by atoms with Gasteiger partial charge in [-0.1, -0.05) is 13.3 Å². The fourth-order valence-corrected chi connectivity index (χ4v) is 0. The van der Waals surface area contributed by atoms with Crippen LogP contribution in [0.5, 0.6) is 0 Å². The van der Waals surface area contributed by atoms with Crippen molar-refractivity contribution in [1.82, 2.24) is 0 Å². The van der Waals surface area contributed by atoms with Crippen LogP contribution in [-0.4, -0.2) is 23.7 Å². The maximum absolute atomic E-state index is 8.24. The zero-order valence-corrected chi connectivity index (χ0v) is 7.30. The van der Waals surface area contributed by atoms with Crippen LogP contribution < -0.4 is 0 Å². The van der Waals surface area contributed by atoms with Crippen LogP contribution in [0.4, 0.5) is 0 Å². The molecule has 0 bridgehead atoms. The zero-order chi connectivity index (χ0) is 6.28. The van der Waals surface area contributed by atoms with Gasteiger partial charge in [-0.05, 0) is 0 Å². The third kappa shape index (κ3) is 649. The first-order valence-corrected chi connectivity index (χ1v) is 1.55. The van der Waals surface area contributed by atoms with Crippen molar-refractivity contribution in [3.05, 3.63) is 5.64 Å². The van der Waals surface area contributed by atoms with E-state index in [2.05, 4.69) is 0 Å². The van der Waals surface area contributed by atoms with Crippen LogP contribution in [0.25, 0.3) is 5.64 Å². The molecule has 0 unspecified atom stereocenters. The Morgan fingerprint density at radius 3 is 1.75 bits per heavy atom. The minimum absolute atomic E-state index is 0. The van der Waals surface area contributed by atoms with Crippen LogP contribution in [0.2, 0.25) is 6.82 Å². The second-order valence-electron chi connectivity index (χ2n) is 0.767. The predicted molar refractivity (Wildman–Crippen MR) is 26.5 cm³/mol. The molecule has 0 heterocycles. The standard InChI is InChI=1S/CH5BNO.CHO2.Y/c1-2(3)4;2-1-3;/h3-4H,1H3;(H,2,3);/q2*-1;. The van der Waals surface area contributed by atoms with E-state index in [9.17, 15) is 0 Å². The summed E-state index contributed by atoms with van der Waals surface area (Å²) in [7, 11) is -0.917. The number of aliphatic hydroxyl groups excluding tert-OH is 1. The molecule has 0 atom stereocenters. The van der Waals surface area contributed by atoms with Crippen molar-refractivity contribution >= 4 is 13.5 Å². The normalized spacial score (nSPS) is 4.88. The summed E-state index contributed by atoms with van der Waals surface area (Å²) in [5.41, 5.74) is 6.14. The van der Waals surface area contributed by atoms with Crippen molar-refractivity contribution in [2.45, 2.75) is 6.82 Å². The van der Waals surface area contributed by atoms with E-state index in [1.165, 1.54) is 6.82 Å². The molecule has 0 aromatic carbocycles. The van der Waals surface area contributed by atoms with Gasteiger partial charge in [0.2, 0.25) is 0 Å². The number of hydrogen-bond acceptors (Lipinski definition) is 2. The fraction of sp³-hybridized carbons (Fsp3) is 0.500. The van der Waals surface area contributed by atoms with Gasteiger partial charge in [0.1, 0.15) is 0 Å². The van der Waals surface area contributed by atoms with E-state index < -0.39 is 7.05 Å². The van der Waals surface area contributed by atoms with Crippen molar-refractivity contribution in [2.24, 2.45) is 0 Å². The van der Waals surface area contributed by atoms with E-state index in [4.69, 9.17) is 20.6 Å². The van der Waals surface area contributed by atoms with Gasteiger partial charge in [0.15, 0.2) is 7.05 Å². The molecule has 3 N–H and O–H groups in total. The number of rotatable bonds is 0. The van der Waals surface area contributed by atoms with Crippen LogP contribution in [0.1, 0.15) is 0 Å². The Bertz CT molecular complexity index is 41.5. The second kappa shape index (κ2) is 15.6. The van der Waals surface area contributed by atoms with Gasteiger partial charge in [-0.2, -0.15) is 0 Å². The third-order valence-corrected chi connectivity index (χ3v) is 0. The Kier molecular flexibility index (Phi) is 31.0. The van der Waals surface area contributed by atoms with E-state index in [1.807, 2.05) is 0 Å². The maximum atomic E-state index is 8.24. The Morgan fingerprint density at radius 1 is 1.75 bits per heavy atom. The van der Waals surface area contributed by atoms with Gasteiger partial charge in [0, 0.05) is 32.7 Å². The summed E-state index contributed by atoms with van der Waals surface area (Å²) < 4.78 is 0. The van der Waals surface area contributed by atoms with Gasteiger partial charge in [-0.25, -0.2) is 0 Å². The molecule has 0 saturated heterocycles. The molecule has 0 saturated carbocycles. The average Bonchev–Trinajstić information content (AvgIpc) is 1.33. The van der Waals surface area contributed by atoms with Gasteiger partial charge in [0.05, 0.1) is 0 Å². The van der Waals surface area contributed by atoms with E-state index in [-0.39, 0.29) is 32.7 Å². The summed E-state index contributed by atoms with van der Waals surface area (Å²) in [6.45, 7) is 1.89. The molecule has 45 valence electrons. The molecule has 0 aliphatic heterocycles. The van der Waals surface area contributed by atoms with Crippen LogP contribution in [0.15, 0.2) is 0 Å². The molecule has 0 spiro atoms. The van der Waals surface area contributed by atoms with Crippen molar-refractivity contribution in [3.8, 4) is 0 Å². The van der Waals surface area contributed by atoms with Crippen molar-refractivity contribution in [1.29, 1.82) is 0 Å². The summed E-state index contributed by atoms with van der Waals surface area (Å²) in [6, 6.07) is 0. The van der Waals surface area contributed by atoms with E-state index in [0.29, 0.717) is 6.47 Å². The summed E-state index contributed by atoms with van der Waals surface area (Å²) in [6.07, 6.45) is 0. The molecule has 0 aromatic rings. The molecule has 0 aromatic heterocycles. The molecule has 1 radical (unpaired) electrons. The Labute approximate surface area is 73.5 Å². The van der Waals surface area contributed by atoms with Gasteiger partial charge < -0.3 is 20.6 Å². The first-order chi connectivity index (χ1) is 3.15. The molecule has 0 amide bonds. The van der Waals surface area contributed by atoms with Gasteiger partial charge >= 0.3 is 0 Å². The molecule has 6 heteroatoms. The number of nitrogens with one attached hydrogen (secondary N) is 1. The summed E-state index contributed by atoms with van der Waals surface area (Å²) in [4.78, 5) is 8.24. The van der Waals surface area contributed by atoms with Crippen LogP contribution in [0, 0.1) is 0 Å². The fourth-order valence-electron chi connectivity index (χ4n) is 0. The zero-order valence-electron chi connectivity index (χ0n) is 4.46. The minimum atomic E-state index is -0.917. The Balaban J connectivity index is -0.0000000575. The summed E-state index contributed by atoms with van der Waals surface area (Å²) >= 11 is 0. The van der Waals surface area contributed by atoms with E-state index in [0.717, 1.165) is 0 Å². The molecule has 0 fully saturated rings. The Morgan fingerprint density at radius 2 is 1.75 bits per heavy atom.